The van der Waals surface area contributed by atoms with Crippen LogP contribution < -0.4 is 10.2 Å². The lowest BCUT2D eigenvalue weighted by molar-refractivity contribution is -0.135. The zero-order valence-electron chi connectivity index (χ0n) is 19.8. The Hall–Kier alpha value is -2.66. The average Bonchev–Trinajstić information content (AvgIpc) is 3.12. The predicted octanol–water partition coefficient (Wildman–Crippen LogP) is 2.66. The summed E-state index contributed by atoms with van der Waals surface area (Å²) < 4.78 is 45.8. The van der Waals surface area contributed by atoms with Crippen LogP contribution in [0.15, 0.2) is 12.1 Å². The minimum absolute atomic E-state index is 0.294. The van der Waals surface area contributed by atoms with Crippen molar-refractivity contribution in [1.29, 1.82) is 0 Å². The fourth-order valence-corrected chi connectivity index (χ4v) is 5.48. The molecular formula is C24H31F3N4O4. The molecule has 11 heteroatoms. The van der Waals surface area contributed by atoms with Crippen molar-refractivity contribution >= 4 is 23.5 Å². The molecule has 1 N–H and O–H groups in total. The maximum Gasteiger partial charge on any atom is 0.329 e. The molecule has 4 amide bonds. The summed E-state index contributed by atoms with van der Waals surface area (Å²) in [5, 5.41) is 2.41. The number of hydrogen-bond acceptors (Lipinski definition) is 5. The second-order valence-electron chi connectivity index (χ2n) is 9.44. The van der Waals surface area contributed by atoms with Crippen molar-refractivity contribution in [2.45, 2.75) is 50.6 Å². The Morgan fingerprint density at radius 1 is 1.11 bits per heavy atom. The van der Waals surface area contributed by atoms with Crippen molar-refractivity contribution in [2.75, 3.05) is 44.8 Å². The lowest BCUT2D eigenvalue weighted by Crippen LogP contribution is -2.52. The Morgan fingerprint density at radius 3 is 2.54 bits per heavy atom. The molecule has 0 aromatic heterocycles. The number of urea groups is 1. The van der Waals surface area contributed by atoms with E-state index in [9.17, 15) is 27.6 Å². The van der Waals surface area contributed by atoms with Gasteiger partial charge in [0.25, 0.3) is 5.91 Å². The number of anilines is 1. The monoisotopic (exact) mass is 496 g/mol. The molecule has 0 unspecified atom stereocenters. The molecule has 3 aliphatic rings. The first-order valence-electron chi connectivity index (χ1n) is 12.1. The third kappa shape index (κ3) is 5.45. The van der Waals surface area contributed by atoms with E-state index in [2.05, 4.69) is 10.2 Å². The van der Waals surface area contributed by atoms with Crippen molar-refractivity contribution in [3.05, 3.63) is 29.6 Å². The molecule has 192 valence electrons. The zero-order valence-corrected chi connectivity index (χ0v) is 19.8. The Kier molecular flexibility index (Phi) is 7.95. The molecule has 1 aromatic carbocycles. The van der Waals surface area contributed by atoms with E-state index < -0.39 is 41.1 Å². The van der Waals surface area contributed by atoms with Crippen LogP contribution in [0.4, 0.5) is 23.7 Å². The number of benzene rings is 1. The van der Waals surface area contributed by atoms with Crippen LogP contribution in [-0.4, -0.2) is 79.6 Å². The number of carbonyl (C=O) groups excluding carboxylic acids is 3. The Balaban J connectivity index is 1.45. The molecule has 35 heavy (non-hydrogen) atoms. The Bertz CT molecular complexity index is 953. The van der Waals surface area contributed by atoms with Gasteiger partial charge in [-0.1, -0.05) is 6.42 Å². The normalized spacial score (nSPS) is 24.9. The van der Waals surface area contributed by atoms with Crippen LogP contribution in [-0.2, 0) is 14.3 Å². The Morgan fingerprint density at radius 2 is 1.83 bits per heavy atom. The molecule has 1 aromatic rings. The van der Waals surface area contributed by atoms with E-state index in [1.807, 2.05) is 0 Å². The summed E-state index contributed by atoms with van der Waals surface area (Å²) in [5.41, 5.74) is -0.435. The van der Waals surface area contributed by atoms with Crippen LogP contribution in [0.1, 0.15) is 38.5 Å². The van der Waals surface area contributed by atoms with Crippen molar-refractivity contribution in [3.8, 4) is 0 Å². The third-order valence-electron chi connectivity index (χ3n) is 7.23. The topological polar surface area (TPSA) is 82.2 Å². The van der Waals surface area contributed by atoms with E-state index in [0.717, 1.165) is 32.4 Å². The van der Waals surface area contributed by atoms with Gasteiger partial charge in [0.1, 0.15) is 6.04 Å². The van der Waals surface area contributed by atoms with E-state index in [1.165, 1.54) is 12.8 Å². The number of hydrogen-bond donors (Lipinski definition) is 1. The third-order valence-corrected chi connectivity index (χ3v) is 7.23. The first kappa shape index (κ1) is 25.4. The molecule has 3 aliphatic heterocycles. The van der Waals surface area contributed by atoms with Crippen LogP contribution in [0.3, 0.4) is 0 Å². The molecule has 0 radical (unpaired) electrons. The van der Waals surface area contributed by atoms with Gasteiger partial charge in [0.05, 0.1) is 18.7 Å². The van der Waals surface area contributed by atoms with Gasteiger partial charge in [0.2, 0.25) is 5.91 Å². The Labute approximate surface area is 202 Å². The number of rotatable bonds is 8. The molecule has 3 atom stereocenters. The maximum atomic E-state index is 13.7. The maximum absolute atomic E-state index is 13.7. The van der Waals surface area contributed by atoms with Gasteiger partial charge >= 0.3 is 6.03 Å². The van der Waals surface area contributed by atoms with Crippen molar-refractivity contribution in [1.82, 2.24) is 15.1 Å². The van der Waals surface area contributed by atoms with E-state index in [0.29, 0.717) is 48.7 Å². The molecule has 0 aliphatic carbocycles. The zero-order chi connectivity index (χ0) is 25.1. The highest BCUT2D eigenvalue weighted by Gasteiger charge is 2.42. The van der Waals surface area contributed by atoms with Crippen LogP contribution in [0, 0.1) is 23.4 Å². The first-order valence-corrected chi connectivity index (χ1v) is 12.1. The quantitative estimate of drug-likeness (QED) is 0.442. The molecular weight excluding hydrogens is 465 g/mol. The lowest BCUT2D eigenvalue weighted by atomic mass is 9.83. The molecule has 3 saturated heterocycles. The van der Waals surface area contributed by atoms with Gasteiger partial charge in [-0.2, -0.15) is 0 Å². The van der Waals surface area contributed by atoms with Gasteiger partial charge in [-0.05, 0) is 44.7 Å². The summed E-state index contributed by atoms with van der Waals surface area (Å²) in [6.07, 6.45) is 5.27. The van der Waals surface area contributed by atoms with Gasteiger partial charge in [0.15, 0.2) is 17.5 Å². The van der Waals surface area contributed by atoms with Gasteiger partial charge in [-0.25, -0.2) is 22.9 Å². The molecule has 3 fully saturated rings. The van der Waals surface area contributed by atoms with Crippen LogP contribution >= 0.6 is 0 Å². The number of carbonyl (C=O) groups is 3. The SMILES string of the molecule is COCCN(C[C@@H]1CCCN2CCCC[C@@H]12)C(=O)C[C@H]1NC(=O)N(c2cc(F)c(F)c(F)c2)C1=O. The summed E-state index contributed by atoms with van der Waals surface area (Å²) >= 11 is 0. The molecule has 0 spiro atoms. The highest BCUT2D eigenvalue weighted by atomic mass is 19.2. The predicted molar refractivity (Wildman–Crippen MR) is 121 cm³/mol. The van der Waals surface area contributed by atoms with E-state index in [-0.39, 0.29) is 12.3 Å². The largest absolute Gasteiger partial charge is 0.383 e. The number of methoxy groups -OCH3 is 1. The number of amides is 4. The van der Waals surface area contributed by atoms with Gasteiger partial charge in [-0.15, -0.1) is 0 Å². The number of nitrogens with one attached hydrogen (secondary N) is 1. The number of nitrogens with zero attached hydrogens (tertiary/aromatic N) is 3. The molecule has 0 bridgehead atoms. The van der Waals surface area contributed by atoms with E-state index in [1.54, 1.807) is 12.0 Å². The minimum Gasteiger partial charge on any atom is -0.383 e. The smallest absolute Gasteiger partial charge is 0.329 e. The molecule has 3 heterocycles. The summed E-state index contributed by atoms with van der Waals surface area (Å²) in [6, 6.07) is -0.531. The summed E-state index contributed by atoms with van der Waals surface area (Å²) in [5.74, 6) is -5.55. The van der Waals surface area contributed by atoms with Crippen LogP contribution in [0.5, 0.6) is 0 Å². The number of ether oxygens (including phenoxy) is 1. The van der Waals surface area contributed by atoms with E-state index >= 15 is 0 Å². The summed E-state index contributed by atoms with van der Waals surface area (Å²) in [4.78, 5) is 43.3. The van der Waals surface area contributed by atoms with Crippen LogP contribution in [0.2, 0.25) is 0 Å². The second kappa shape index (κ2) is 10.9. The summed E-state index contributed by atoms with van der Waals surface area (Å²) in [7, 11) is 1.55. The average molecular weight is 497 g/mol. The molecule has 8 nitrogen and oxygen atoms in total. The fourth-order valence-electron chi connectivity index (χ4n) is 5.48. The highest BCUT2D eigenvalue weighted by Crippen LogP contribution is 2.32. The molecule has 4 rings (SSSR count). The number of piperidine rings is 2. The standard InChI is InChI=1S/C24H31F3N4O4/c1-35-10-9-30(14-15-5-4-8-29-7-3-2-6-20(15)29)21(32)13-19-23(33)31(24(34)28-19)16-11-17(25)22(27)18(26)12-16/h11-12,15,19-20H,2-10,13-14H2,1H3,(H,28,34)/t15-,19+,20-/m0/s1. The molecule has 0 saturated carbocycles. The lowest BCUT2D eigenvalue weighted by Gasteiger charge is -2.45. The highest BCUT2D eigenvalue weighted by molar-refractivity contribution is 6.22. The van der Waals surface area contributed by atoms with Gasteiger partial charge in [-0.3, -0.25) is 9.59 Å². The van der Waals surface area contributed by atoms with Crippen molar-refractivity contribution in [2.24, 2.45) is 5.92 Å². The van der Waals surface area contributed by atoms with Gasteiger partial charge < -0.3 is 19.9 Å². The number of fused-ring (bicyclic) bond motifs is 1. The first-order chi connectivity index (χ1) is 16.8. The van der Waals surface area contributed by atoms with E-state index in [4.69, 9.17) is 4.74 Å². The van der Waals surface area contributed by atoms with Gasteiger partial charge in [0, 0.05) is 38.4 Å². The van der Waals surface area contributed by atoms with Crippen LogP contribution in [0.25, 0.3) is 0 Å². The van der Waals surface area contributed by atoms with Crippen molar-refractivity contribution < 1.29 is 32.3 Å². The number of imide groups is 1. The minimum atomic E-state index is -1.69. The number of halogens is 3. The summed E-state index contributed by atoms with van der Waals surface area (Å²) in [6.45, 7) is 3.38. The second-order valence-corrected chi connectivity index (χ2v) is 9.44. The fraction of sp³-hybridized carbons (Fsp3) is 0.625. The van der Waals surface area contributed by atoms with Crippen molar-refractivity contribution in [3.63, 3.8) is 0 Å².